The van der Waals surface area contributed by atoms with Crippen LogP contribution < -0.4 is 16.4 Å². The monoisotopic (exact) mass is 404 g/mol. The Balaban J connectivity index is 1.34. The summed E-state index contributed by atoms with van der Waals surface area (Å²) < 4.78 is 0. The molecule has 4 N–H and O–H groups in total. The molecular weight excluding hydrogens is 380 g/mol. The number of benzene rings is 1. The van der Waals surface area contributed by atoms with Gasteiger partial charge in [0.1, 0.15) is 11.4 Å². The number of rotatable bonds is 4. The molecule has 0 radical (unpaired) electrons. The molecule has 2 aliphatic rings. The number of nitrogens with zero attached hydrogens (tertiary/aromatic N) is 3. The average molecular weight is 404 g/mol. The van der Waals surface area contributed by atoms with Gasteiger partial charge in [-0.1, -0.05) is 18.2 Å². The standard InChI is InChI=1S/C22H24N6O2/c29-16-6-4-14(5-7-16)20-15(11-24-27-20)12-28-10-8-17-19(13-28)25-21(26-22(17)30)18-3-1-2-9-23-18/h1-7,9,15,20,24,27,29H,8,10-13H2,(H,25,26,30). The first kappa shape index (κ1) is 18.9. The molecular formula is C22H24N6O2. The number of nitrogens with one attached hydrogen (secondary N) is 3. The van der Waals surface area contributed by atoms with E-state index in [1.807, 2.05) is 30.3 Å². The predicted octanol–water partition coefficient (Wildman–Crippen LogP) is 1.36. The lowest BCUT2D eigenvalue weighted by atomic mass is 9.93. The maximum absolute atomic E-state index is 12.6. The average Bonchev–Trinajstić information content (AvgIpc) is 3.22. The Morgan fingerprint density at radius 2 is 2.03 bits per heavy atom. The highest BCUT2D eigenvalue weighted by Gasteiger charge is 2.31. The van der Waals surface area contributed by atoms with Crippen molar-refractivity contribution >= 4 is 0 Å². The normalized spacial score (nSPS) is 21.5. The van der Waals surface area contributed by atoms with Crippen molar-refractivity contribution < 1.29 is 5.11 Å². The van der Waals surface area contributed by atoms with E-state index in [0.29, 0.717) is 30.4 Å². The quantitative estimate of drug-likeness (QED) is 0.520. The van der Waals surface area contributed by atoms with Crippen LogP contribution in [0.1, 0.15) is 22.9 Å². The van der Waals surface area contributed by atoms with Crippen LogP contribution in [0, 0.1) is 5.92 Å². The zero-order valence-corrected chi connectivity index (χ0v) is 16.5. The fourth-order valence-corrected chi connectivity index (χ4v) is 4.35. The van der Waals surface area contributed by atoms with Gasteiger partial charge in [0.2, 0.25) is 0 Å². The van der Waals surface area contributed by atoms with E-state index in [0.717, 1.165) is 36.5 Å². The number of hydrogen-bond acceptors (Lipinski definition) is 7. The first-order valence-electron chi connectivity index (χ1n) is 10.2. The summed E-state index contributed by atoms with van der Waals surface area (Å²) in [5.41, 5.74) is 9.99. The van der Waals surface area contributed by atoms with Crippen molar-refractivity contribution in [1.82, 2.24) is 30.7 Å². The summed E-state index contributed by atoms with van der Waals surface area (Å²) in [7, 11) is 0. The molecule has 3 aromatic rings. The molecule has 2 aromatic heterocycles. The van der Waals surface area contributed by atoms with Crippen molar-refractivity contribution in [3.8, 4) is 17.3 Å². The highest BCUT2D eigenvalue weighted by Crippen LogP contribution is 2.28. The molecule has 0 saturated carbocycles. The van der Waals surface area contributed by atoms with E-state index >= 15 is 0 Å². The minimum Gasteiger partial charge on any atom is -0.508 e. The number of hydrazine groups is 1. The van der Waals surface area contributed by atoms with Crippen molar-refractivity contribution in [2.24, 2.45) is 5.92 Å². The van der Waals surface area contributed by atoms with Crippen LogP contribution in [0.5, 0.6) is 5.75 Å². The van der Waals surface area contributed by atoms with Crippen molar-refractivity contribution in [2.45, 2.75) is 19.0 Å². The second-order valence-electron chi connectivity index (χ2n) is 7.89. The maximum Gasteiger partial charge on any atom is 0.254 e. The first-order chi connectivity index (χ1) is 14.7. The molecule has 1 aromatic carbocycles. The van der Waals surface area contributed by atoms with E-state index in [1.54, 1.807) is 18.3 Å². The molecule has 1 fully saturated rings. The number of phenolic OH excluding ortho intramolecular Hbond substituents is 1. The third kappa shape index (κ3) is 3.72. The number of aromatic nitrogens is 3. The third-order valence-electron chi connectivity index (χ3n) is 5.90. The largest absolute Gasteiger partial charge is 0.508 e. The number of pyridine rings is 1. The summed E-state index contributed by atoms with van der Waals surface area (Å²) in [6, 6.07) is 13.1. The lowest BCUT2D eigenvalue weighted by Gasteiger charge is -2.31. The van der Waals surface area contributed by atoms with Crippen molar-refractivity contribution in [2.75, 3.05) is 19.6 Å². The Morgan fingerprint density at radius 3 is 2.83 bits per heavy atom. The topological polar surface area (TPSA) is 106 Å². The zero-order valence-electron chi connectivity index (χ0n) is 16.5. The lowest BCUT2D eigenvalue weighted by Crippen LogP contribution is -2.39. The summed E-state index contributed by atoms with van der Waals surface area (Å²) in [6.45, 7) is 3.23. The Kier molecular flexibility index (Phi) is 5.04. The molecule has 8 heteroatoms. The number of hydrogen-bond donors (Lipinski definition) is 4. The Bertz CT molecular complexity index is 1080. The number of H-pyrrole nitrogens is 1. The van der Waals surface area contributed by atoms with E-state index in [4.69, 9.17) is 4.98 Å². The van der Waals surface area contributed by atoms with Gasteiger partial charge < -0.3 is 10.1 Å². The summed E-state index contributed by atoms with van der Waals surface area (Å²) in [4.78, 5) is 26.9. The van der Waals surface area contributed by atoms with E-state index in [-0.39, 0.29) is 17.4 Å². The molecule has 4 heterocycles. The van der Waals surface area contributed by atoms with Gasteiger partial charge in [0.25, 0.3) is 5.56 Å². The van der Waals surface area contributed by atoms with E-state index in [9.17, 15) is 9.90 Å². The van der Waals surface area contributed by atoms with Gasteiger partial charge in [0.05, 0.1) is 11.7 Å². The second kappa shape index (κ2) is 7.98. The highest BCUT2D eigenvalue weighted by atomic mass is 16.3. The van der Waals surface area contributed by atoms with Gasteiger partial charge in [-0.2, -0.15) is 0 Å². The second-order valence-corrected chi connectivity index (χ2v) is 7.89. The minimum atomic E-state index is -0.0635. The summed E-state index contributed by atoms with van der Waals surface area (Å²) in [6.07, 6.45) is 2.39. The molecule has 2 aliphatic heterocycles. The van der Waals surface area contributed by atoms with Gasteiger partial charge in [0, 0.05) is 43.9 Å². The molecule has 5 rings (SSSR count). The molecule has 0 spiro atoms. The molecule has 2 atom stereocenters. The molecule has 0 amide bonds. The zero-order chi connectivity index (χ0) is 20.5. The first-order valence-corrected chi connectivity index (χ1v) is 10.2. The van der Waals surface area contributed by atoms with Crippen LogP contribution in [0.3, 0.4) is 0 Å². The van der Waals surface area contributed by atoms with Gasteiger partial charge in [-0.25, -0.2) is 10.4 Å². The molecule has 30 heavy (non-hydrogen) atoms. The Hall–Kier alpha value is -3.07. The van der Waals surface area contributed by atoms with Crippen molar-refractivity contribution in [3.63, 3.8) is 0 Å². The van der Waals surface area contributed by atoms with Crippen LogP contribution in [0.2, 0.25) is 0 Å². The van der Waals surface area contributed by atoms with Crippen LogP contribution in [0.25, 0.3) is 11.5 Å². The van der Waals surface area contributed by atoms with Gasteiger partial charge >= 0.3 is 0 Å². The summed E-state index contributed by atoms with van der Waals surface area (Å²) >= 11 is 0. The smallest absolute Gasteiger partial charge is 0.254 e. The SMILES string of the molecule is O=c1[nH]c(-c2ccccn2)nc2c1CCN(CC1CNNC1c1ccc(O)cc1)C2. The number of fused-ring (bicyclic) bond motifs is 1. The fraction of sp³-hybridized carbons (Fsp3) is 0.318. The van der Waals surface area contributed by atoms with Gasteiger partial charge in [-0.05, 0) is 36.2 Å². The highest BCUT2D eigenvalue weighted by molar-refractivity contribution is 5.49. The van der Waals surface area contributed by atoms with Crippen molar-refractivity contribution in [1.29, 1.82) is 0 Å². The Morgan fingerprint density at radius 1 is 1.17 bits per heavy atom. The molecule has 0 bridgehead atoms. The number of aromatic hydroxyl groups is 1. The van der Waals surface area contributed by atoms with Gasteiger partial charge in [0.15, 0.2) is 5.82 Å². The van der Waals surface area contributed by atoms with Gasteiger partial charge in [-0.3, -0.25) is 20.1 Å². The van der Waals surface area contributed by atoms with Crippen LogP contribution >= 0.6 is 0 Å². The Labute approximate surface area is 174 Å². The molecule has 2 unspecified atom stereocenters. The minimum absolute atomic E-state index is 0.0635. The molecule has 8 nitrogen and oxygen atoms in total. The lowest BCUT2D eigenvalue weighted by molar-refractivity contribution is 0.206. The van der Waals surface area contributed by atoms with Crippen LogP contribution in [0.4, 0.5) is 0 Å². The predicted molar refractivity (Wildman–Crippen MR) is 113 cm³/mol. The summed E-state index contributed by atoms with van der Waals surface area (Å²) in [5, 5.41) is 9.56. The maximum atomic E-state index is 12.6. The number of phenols is 1. The van der Waals surface area contributed by atoms with E-state index in [2.05, 4.69) is 25.7 Å². The van der Waals surface area contributed by atoms with Crippen LogP contribution in [-0.4, -0.2) is 44.6 Å². The van der Waals surface area contributed by atoms with E-state index in [1.165, 1.54) is 0 Å². The number of aromatic amines is 1. The van der Waals surface area contributed by atoms with E-state index < -0.39 is 0 Å². The summed E-state index contributed by atoms with van der Waals surface area (Å²) in [5.74, 6) is 1.16. The van der Waals surface area contributed by atoms with Crippen LogP contribution in [-0.2, 0) is 13.0 Å². The molecule has 0 aliphatic carbocycles. The van der Waals surface area contributed by atoms with Crippen LogP contribution in [0.15, 0.2) is 53.5 Å². The fourth-order valence-electron chi connectivity index (χ4n) is 4.35. The molecule has 154 valence electrons. The van der Waals surface area contributed by atoms with Gasteiger partial charge in [-0.15, -0.1) is 0 Å². The van der Waals surface area contributed by atoms with Crippen molar-refractivity contribution in [3.05, 3.63) is 75.8 Å². The third-order valence-corrected chi connectivity index (χ3v) is 5.90. The molecule has 1 saturated heterocycles.